The molecule has 0 saturated carbocycles. The highest BCUT2D eigenvalue weighted by molar-refractivity contribution is 14.0. The molecule has 3 N–H and O–H groups in total. The first-order chi connectivity index (χ1) is 9.69. The van der Waals surface area contributed by atoms with E-state index in [9.17, 15) is 0 Å². The molecule has 0 spiro atoms. The van der Waals surface area contributed by atoms with Crippen molar-refractivity contribution >= 4 is 35.6 Å². The quantitative estimate of drug-likeness (QED) is 0.471. The monoisotopic (exact) mass is 397 g/mol. The molecule has 2 aromatic rings. The number of nitrogens with one attached hydrogen (secondary N) is 1. The van der Waals surface area contributed by atoms with E-state index in [0.717, 1.165) is 17.0 Å². The summed E-state index contributed by atoms with van der Waals surface area (Å²) in [4.78, 5) is 4.33. The minimum absolute atomic E-state index is 0. The number of halogens is 1. The Morgan fingerprint density at radius 2 is 1.95 bits per heavy atom. The minimum Gasteiger partial charge on any atom is -0.496 e. The van der Waals surface area contributed by atoms with Crippen LogP contribution in [0.1, 0.15) is 11.1 Å². The van der Waals surface area contributed by atoms with Crippen LogP contribution in [-0.2, 0) is 6.54 Å². The molecule has 0 amide bonds. The molecule has 0 aromatic heterocycles. The highest BCUT2D eigenvalue weighted by atomic mass is 127. The summed E-state index contributed by atoms with van der Waals surface area (Å²) >= 11 is 0. The Bertz CT molecular complexity index is 614. The second kappa shape index (κ2) is 8.51. The molecule has 0 aliphatic heterocycles. The number of ether oxygens (including phenoxy) is 1. The van der Waals surface area contributed by atoms with Crippen LogP contribution >= 0.6 is 24.0 Å². The molecule has 0 aliphatic carbocycles. The SMILES string of the molecule is COc1ccccc1CN=C(N)Nc1cccc(C)c1.I. The average Bonchev–Trinajstić information content (AvgIpc) is 2.45. The van der Waals surface area contributed by atoms with Gasteiger partial charge in [-0.3, -0.25) is 0 Å². The van der Waals surface area contributed by atoms with Gasteiger partial charge in [0.25, 0.3) is 0 Å². The van der Waals surface area contributed by atoms with Crippen molar-refractivity contribution in [3.63, 3.8) is 0 Å². The fourth-order valence-electron chi connectivity index (χ4n) is 1.91. The van der Waals surface area contributed by atoms with Gasteiger partial charge in [-0.25, -0.2) is 4.99 Å². The Kier molecular flexibility index (Phi) is 7.01. The zero-order chi connectivity index (χ0) is 14.4. The van der Waals surface area contributed by atoms with Crippen LogP contribution in [0.3, 0.4) is 0 Å². The van der Waals surface area contributed by atoms with E-state index in [-0.39, 0.29) is 24.0 Å². The van der Waals surface area contributed by atoms with E-state index >= 15 is 0 Å². The van der Waals surface area contributed by atoms with Crippen LogP contribution in [0.4, 0.5) is 5.69 Å². The van der Waals surface area contributed by atoms with Crippen molar-refractivity contribution in [1.29, 1.82) is 0 Å². The van der Waals surface area contributed by atoms with Crippen molar-refractivity contribution in [3.8, 4) is 5.75 Å². The van der Waals surface area contributed by atoms with E-state index in [1.165, 1.54) is 5.56 Å². The minimum atomic E-state index is 0. The lowest BCUT2D eigenvalue weighted by molar-refractivity contribution is 0.410. The third-order valence-corrected chi connectivity index (χ3v) is 2.90. The smallest absolute Gasteiger partial charge is 0.193 e. The summed E-state index contributed by atoms with van der Waals surface area (Å²) in [6.45, 7) is 2.52. The maximum atomic E-state index is 5.89. The average molecular weight is 397 g/mol. The van der Waals surface area contributed by atoms with Crippen molar-refractivity contribution in [3.05, 3.63) is 59.7 Å². The Balaban J connectivity index is 0.00000220. The Labute approximate surface area is 142 Å². The van der Waals surface area contributed by atoms with Gasteiger partial charge in [0.15, 0.2) is 5.96 Å². The molecule has 5 heteroatoms. The molecule has 2 rings (SSSR count). The lowest BCUT2D eigenvalue weighted by Crippen LogP contribution is -2.22. The summed E-state index contributed by atoms with van der Waals surface area (Å²) in [5.41, 5.74) is 9.01. The summed E-state index contributed by atoms with van der Waals surface area (Å²) in [6, 6.07) is 15.8. The molecule has 21 heavy (non-hydrogen) atoms. The standard InChI is InChI=1S/C16H19N3O.HI/c1-12-6-5-8-14(10-12)19-16(17)18-11-13-7-3-4-9-15(13)20-2;/h3-10H,11H2,1-2H3,(H3,17,18,19);1H. The number of hydrogen-bond donors (Lipinski definition) is 2. The maximum absolute atomic E-state index is 5.89. The van der Waals surface area contributed by atoms with Crippen LogP contribution in [0.25, 0.3) is 0 Å². The highest BCUT2D eigenvalue weighted by Crippen LogP contribution is 2.18. The van der Waals surface area contributed by atoms with Gasteiger partial charge in [0.1, 0.15) is 5.75 Å². The first kappa shape index (κ1) is 17.3. The van der Waals surface area contributed by atoms with Crippen molar-refractivity contribution in [2.45, 2.75) is 13.5 Å². The largest absolute Gasteiger partial charge is 0.496 e. The third kappa shape index (κ3) is 5.26. The van der Waals surface area contributed by atoms with Crippen LogP contribution in [0, 0.1) is 6.92 Å². The molecular formula is C16H20IN3O. The predicted molar refractivity (Wildman–Crippen MR) is 98.5 cm³/mol. The van der Waals surface area contributed by atoms with Gasteiger partial charge in [0.05, 0.1) is 13.7 Å². The number of aliphatic imine (C=N–C) groups is 1. The normalized spacial score (nSPS) is 10.7. The maximum Gasteiger partial charge on any atom is 0.193 e. The number of benzene rings is 2. The zero-order valence-corrected chi connectivity index (χ0v) is 14.5. The summed E-state index contributed by atoms with van der Waals surface area (Å²) in [6.07, 6.45) is 0. The number of nitrogens with two attached hydrogens (primary N) is 1. The van der Waals surface area contributed by atoms with E-state index in [1.807, 2.05) is 55.5 Å². The number of guanidine groups is 1. The van der Waals surface area contributed by atoms with E-state index in [4.69, 9.17) is 10.5 Å². The number of aryl methyl sites for hydroxylation is 1. The Hall–Kier alpha value is -1.76. The van der Waals surface area contributed by atoms with Gasteiger partial charge in [-0.15, -0.1) is 24.0 Å². The van der Waals surface area contributed by atoms with Gasteiger partial charge in [-0.1, -0.05) is 30.3 Å². The molecule has 0 heterocycles. The summed E-state index contributed by atoms with van der Waals surface area (Å²) in [7, 11) is 1.65. The van der Waals surface area contributed by atoms with Gasteiger partial charge in [-0.2, -0.15) is 0 Å². The number of hydrogen-bond acceptors (Lipinski definition) is 2. The van der Waals surface area contributed by atoms with Crippen LogP contribution < -0.4 is 15.8 Å². The van der Waals surface area contributed by atoms with Gasteiger partial charge in [-0.05, 0) is 30.7 Å². The Morgan fingerprint density at radius 3 is 2.67 bits per heavy atom. The fourth-order valence-corrected chi connectivity index (χ4v) is 1.91. The van der Waals surface area contributed by atoms with E-state index < -0.39 is 0 Å². The van der Waals surface area contributed by atoms with Crippen molar-refractivity contribution in [2.24, 2.45) is 10.7 Å². The van der Waals surface area contributed by atoms with Crippen molar-refractivity contribution in [2.75, 3.05) is 12.4 Å². The first-order valence-electron chi connectivity index (χ1n) is 6.44. The molecule has 0 radical (unpaired) electrons. The molecule has 0 unspecified atom stereocenters. The van der Waals surface area contributed by atoms with Gasteiger partial charge in [0.2, 0.25) is 0 Å². The van der Waals surface area contributed by atoms with Crippen molar-refractivity contribution < 1.29 is 4.74 Å². The van der Waals surface area contributed by atoms with Crippen LogP contribution in [0.2, 0.25) is 0 Å². The van der Waals surface area contributed by atoms with Gasteiger partial charge in [0, 0.05) is 11.3 Å². The Morgan fingerprint density at radius 1 is 1.19 bits per heavy atom. The number of para-hydroxylation sites is 1. The van der Waals surface area contributed by atoms with Crippen LogP contribution in [-0.4, -0.2) is 13.1 Å². The molecule has 4 nitrogen and oxygen atoms in total. The second-order valence-corrected chi connectivity index (χ2v) is 4.51. The van der Waals surface area contributed by atoms with Gasteiger partial charge < -0.3 is 15.8 Å². The second-order valence-electron chi connectivity index (χ2n) is 4.51. The zero-order valence-electron chi connectivity index (χ0n) is 12.2. The molecule has 0 fully saturated rings. The number of rotatable bonds is 4. The van der Waals surface area contributed by atoms with Crippen LogP contribution in [0.5, 0.6) is 5.75 Å². The predicted octanol–water partition coefficient (Wildman–Crippen LogP) is 3.55. The van der Waals surface area contributed by atoms with Crippen LogP contribution in [0.15, 0.2) is 53.5 Å². The van der Waals surface area contributed by atoms with E-state index in [0.29, 0.717) is 12.5 Å². The molecule has 0 aliphatic rings. The summed E-state index contributed by atoms with van der Waals surface area (Å²) < 4.78 is 5.28. The van der Waals surface area contributed by atoms with E-state index in [1.54, 1.807) is 7.11 Å². The molecule has 0 atom stereocenters. The number of anilines is 1. The highest BCUT2D eigenvalue weighted by Gasteiger charge is 2.01. The number of methoxy groups -OCH3 is 1. The lowest BCUT2D eigenvalue weighted by atomic mass is 10.2. The third-order valence-electron chi connectivity index (χ3n) is 2.90. The molecule has 2 aromatic carbocycles. The lowest BCUT2D eigenvalue weighted by Gasteiger charge is -2.08. The first-order valence-corrected chi connectivity index (χ1v) is 6.44. The molecular weight excluding hydrogens is 377 g/mol. The topological polar surface area (TPSA) is 59.6 Å². The summed E-state index contributed by atoms with van der Waals surface area (Å²) in [5, 5.41) is 3.08. The molecule has 112 valence electrons. The number of nitrogens with zero attached hydrogens (tertiary/aromatic N) is 1. The van der Waals surface area contributed by atoms with Gasteiger partial charge >= 0.3 is 0 Å². The summed E-state index contributed by atoms with van der Waals surface area (Å²) in [5.74, 6) is 1.21. The molecule has 0 bridgehead atoms. The molecule has 0 saturated heterocycles. The van der Waals surface area contributed by atoms with E-state index in [2.05, 4.69) is 10.3 Å². The fraction of sp³-hybridized carbons (Fsp3) is 0.188. The van der Waals surface area contributed by atoms with Crippen molar-refractivity contribution in [1.82, 2.24) is 0 Å².